The van der Waals surface area contributed by atoms with Crippen molar-refractivity contribution in [1.82, 2.24) is 4.90 Å². The number of phenolic OH excluding ortho intramolecular Hbond substituents is 1. The minimum atomic E-state index is -0.335. The molecule has 0 radical (unpaired) electrons. The lowest BCUT2D eigenvalue weighted by Gasteiger charge is -2.23. The van der Waals surface area contributed by atoms with Crippen molar-refractivity contribution in [2.45, 2.75) is 0 Å². The number of phenols is 1. The lowest BCUT2D eigenvalue weighted by molar-refractivity contribution is 0.0651. The second kappa shape index (κ2) is 3.07. The van der Waals surface area contributed by atoms with Crippen LogP contribution in [0.25, 0.3) is 10.8 Å². The molecule has 1 N–H and O–H groups in total. The summed E-state index contributed by atoms with van der Waals surface area (Å²) in [4.78, 5) is 25.0. The third kappa shape index (κ3) is 1.12. The zero-order valence-corrected chi connectivity index (χ0v) is 9.10. The maximum absolute atomic E-state index is 11.9. The molecule has 4 heteroatoms. The number of benzene rings is 2. The van der Waals surface area contributed by atoms with Gasteiger partial charge in [0.05, 0.1) is 0 Å². The molecule has 0 atom stereocenters. The Labute approximate surface area is 97.1 Å². The fourth-order valence-electron chi connectivity index (χ4n) is 2.20. The average Bonchev–Trinajstić information content (AvgIpc) is 2.35. The van der Waals surface area contributed by atoms with E-state index in [1.54, 1.807) is 24.3 Å². The molecule has 2 aromatic carbocycles. The molecule has 1 aliphatic rings. The van der Waals surface area contributed by atoms with Gasteiger partial charge in [-0.25, -0.2) is 0 Å². The van der Waals surface area contributed by atoms with Crippen LogP contribution in [-0.2, 0) is 0 Å². The van der Waals surface area contributed by atoms with Crippen molar-refractivity contribution in [2.75, 3.05) is 7.05 Å². The van der Waals surface area contributed by atoms with Crippen LogP contribution in [0.1, 0.15) is 20.7 Å². The van der Waals surface area contributed by atoms with Crippen molar-refractivity contribution in [3.8, 4) is 5.75 Å². The molecule has 0 aromatic heterocycles. The van der Waals surface area contributed by atoms with Crippen molar-refractivity contribution in [3.05, 3.63) is 41.5 Å². The summed E-state index contributed by atoms with van der Waals surface area (Å²) >= 11 is 0. The van der Waals surface area contributed by atoms with Crippen molar-refractivity contribution in [3.63, 3.8) is 0 Å². The first-order valence-corrected chi connectivity index (χ1v) is 5.18. The SMILES string of the molecule is CN1C(=O)c2cccc3c(O)ccc(c23)C1=O. The molecule has 0 unspecified atom stereocenters. The van der Waals surface area contributed by atoms with E-state index in [0.29, 0.717) is 21.9 Å². The molecule has 0 aliphatic carbocycles. The van der Waals surface area contributed by atoms with Gasteiger partial charge in [-0.2, -0.15) is 0 Å². The summed E-state index contributed by atoms with van der Waals surface area (Å²) in [6.45, 7) is 0. The van der Waals surface area contributed by atoms with E-state index in [9.17, 15) is 14.7 Å². The van der Waals surface area contributed by atoms with Gasteiger partial charge in [-0.1, -0.05) is 12.1 Å². The number of carbonyl (C=O) groups is 2. The number of imide groups is 1. The minimum Gasteiger partial charge on any atom is -0.507 e. The summed E-state index contributed by atoms with van der Waals surface area (Å²) in [7, 11) is 1.46. The third-order valence-electron chi connectivity index (χ3n) is 3.09. The van der Waals surface area contributed by atoms with Crippen LogP contribution in [0.2, 0.25) is 0 Å². The maximum Gasteiger partial charge on any atom is 0.261 e. The molecule has 4 nitrogen and oxygen atoms in total. The fourth-order valence-corrected chi connectivity index (χ4v) is 2.20. The predicted octanol–water partition coefficient (Wildman–Crippen LogP) is 1.77. The Morgan fingerprint density at radius 1 is 1.00 bits per heavy atom. The lowest BCUT2D eigenvalue weighted by Crippen LogP contribution is -2.36. The molecule has 1 aliphatic heterocycles. The number of rotatable bonds is 0. The van der Waals surface area contributed by atoms with E-state index in [4.69, 9.17) is 0 Å². The Balaban J connectivity index is 2.54. The van der Waals surface area contributed by atoms with Crippen molar-refractivity contribution >= 4 is 22.6 Å². The molecule has 0 saturated heterocycles. The molecular weight excluding hydrogens is 218 g/mol. The van der Waals surface area contributed by atoms with E-state index < -0.39 is 0 Å². The lowest BCUT2D eigenvalue weighted by atomic mass is 9.94. The van der Waals surface area contributed by atoms with Gasteiger partial charge in [0.15, 0.2) is 0 Å². The van der Waals surface area contributed by atoms with Crippen molar-refractivity contribution in [1.29, 1.82) is 0 Å². The summed E-state index contributed by atoms with van der Waals surface area (Å²) in [5.74, 6) is -0.590. The summed E-state index contributed by atoms with van der Waals surface area (Å²) in [5.41, 5.74) is 0.908. The smallest absolute Gasteiger partial charge is 0.261 e. The van der Waals surface area contributed by atoms with Crippen LogP contribution in [0.15, 0.2) is 30.3 Å². The van der Waals surface area contributed by atoms with E-state index in [1.807, 2.05) is 0 Å². The molecule has 0 fully saturated rings. The van der Waals surface area contributed by atoms with Gasteiger partial charge in [0.2, 0.25) is 0 Å². The summed E-state index contributed by atoms with van der Waals surface area (Å²) in [6.07, 6.45) is 0. The first-order chi connectivity index (χ1) is 8.11. The Bertz CT molecular complexity index is 653. The fraction of sp³-hybridized carbons (Fsp3) is 0.0769. The molecule has 2 aromatic rings. The van der Waals surface area contributed by atoms with Gasteiger partial charge in [0, 0.05) is 28.9 Å². The monoisotopic (exact) mass is 227 g/mol. The van der Waals surface area contributed by atoms with Gasteiger partial charge in [0.1, 0.15) is 5.75 Å². The van der Waals surface area contributed by atoms with Crippen LogP contribution in [0.4, 0.5) is 0 Å². The van der Waals surface area contributed by atoms with E-state index >= 15 is 0 Å². The Morgan fingerprint density at radius 2 is 1.65 bits per heavy atom. The number of hydrogen-bond donors (Lipinski definition) is 1. The normalized spacial score (nSPS) is 14.5. The Kier molecular flexibility index (Phi) is 1.78. The summed E-state index contributed by atoms with van der Waals surface area (Å²) < 4.78 is 0. The second-order valence-electron chi connectivity index (χ2n) is 4.03. The van der Waals surface area contributed by atoms with Gasteiger partial charge in [0.25, 0.3) is 11.8 Å². The molecule has 3 rings (SSSR count). The third-order valence-corrected chi connectivity index (χ3v) is 3.09. The molecule has 1 heterocycles. The molecule has 84 valence electrons. The van der Waals surface area contributed by atoms with Crippen LogP contribution < -0.4 is 0 Å². The number of carbonyl (C=O) groups excluding carboxylic acids is 2. The number of amides is 2. The van der Waals surface area contributed by atoms with Gasteiger partial charge < -0.3 is 5.11 Å². The van der Waals surface area contributed by atoms with E-state index in [2.05, 4.69) is 0 Å². The van der Waals surface area contributed by atoms with Crippen LogP contribution >= 0.6 is 0 Å². The molecular formula is C13H9NO3. The Morgan fingerprint density at radius 3 is 2.35 bits per heavy atom. The van der Waals surface area contributed by atoms with Crippen LogP contribution in [0.3, 0.4) is 0 Å². The minimum absolute atomic E-state index is 0.0794. The van der Waals surface area contributed by atoms with Crippen LogP contribution in [0.5, 0.6) is 5.75 Å². The largest absolute Gasteiger partial charge is 0.507 e. The van der Waals surface area contributed by atoms with E-state index in [1.165, 1.54) is 13.1 Å². The Hall–Kier alpha value is -2.36. The highest BCUT2D eigenvalue weighted by molar-refractivity contribution is 6.25. The average molecular weight is 227 g/mol. The first kappa shape index (κ1) is 9.84. The number of nitrogens with zero attached hydrogens (tertiary/aromatic N) is 1. The summed E-state index contributed by atoms with van der Waals surface area (Å²) in [5, 5.41) is 10.8. The van der Waals surface area contributed by atoms with Gasteiger partial charge in [-0.05, 0) is 18.2 Å². The molecule has 2 amide bonds. The van der Waals surface area contributed by atoms with Crippen LogP contribution in [-0.4, -0.2) is 28.9 Å². The topological polar surface area (TPSA) is 57.6 Å². The molecule has 0 bridgehead atoms. The molecule has 0 spiro atoms. The zero-order valence-electron chi connectivity index (χ0n) is 9.10. The second-order valence-corrected chi connectivity index (χ2v) is 4.03. The van der Waals surface area contributed by atoms with E-state index in [0.717, 1.165) is 4.90 Å². The van der Waals surface area contributed by atoms with Gasteiger partial charge in [-0.15, -0.1) is 0 Å². The van der Waals surface area contributed by atoms with Crippen molar-refractivity contribution < 1.29 is 14.7 Å². The van der Waals surface area contributed by atoms with Crippen molar-refractivity contribution in [2.24, 2.45) is 0 Å². The molecule has 17 heavy (non-hydrogen) atoms. The number of hydrogen-bond acceptors (Lipinski definition) is 3. The molecule has 0 saturated carbocycles. The zero-order chi connectivity index (χ0) is 12.2. The first-order valence-electron chi connectivity index (χ1n) is 5.18. The highest BCUT2D eigenvalue weighted by Crippen LogP contribution is 2.34. The standard InChI is InChI=1S/C13H9NO3/c1-14-12(16)8-4-2-3-7-10(15)6-5-9(11(7)8)13(14)17/h2-6,15H,1H3. The highest BCUT2D eigenvalue weighted by Gasteiger charge is 2.30. The van der Waals surface area contributed by atoms with Gasteiger partial charge >= 0.3 is 0 Å². The van der Waals surface area contributed by atoms with Gasteiger partial charge in [-0.3, -0.25) is 14.5 Å². The highest BCUT2D eigenvalue weighted by atomic mass is 16.3. The maximum atomic E-state index is 11.9. The van der Waals surface area contributed by atoms with E-state index in [-0.39, 0.29) is 17.6 Å². The summed E-state index contributed by atoms with van der Waals surface area (Å²) in [6, 6.07) is 8.08. The van der Waals surface area contributed by atoms with Crippen LogP contribution in [0, 0.1) is 0 Å². The quantitative estimate of drug-likeness (QED) is 0.698. The number of aromatic hydroxyl groups is 1. The predicted molar refractivity (Wildman–Crippen MR) is 62.0 cm³/mol.